The molecule has 0 amide bonds. The average molecular weight is 422 g/mol. The zero-order chi connectivity index (χ0) is 22.0. The molecule has 4 atom stereocenters. The molecule has 1 aliphatic rings. The zero-order valence-electron chi connectivity index (χ0n) is 17.2. The van der Waals surface area contributed by atoms with Crippen LogP contribution in [0.15, 0.2) is 91.0 Å². The third-order valence-electron chi connectivity index (χ3n) is 6.25. The first-order valence-corrected chi connectivity index (χ1v) is 10.4. The van der Waals surface area contributed by atoms with Gasteiger partial charge in [-0.2, -0.15) is 0 Å². The third-order valence-corrected chi connectivity index (χ3v) is 6.25. The van der Waals surface area contributed by atoms with E-state index >= 15 is 4.39 Å². The van der Waals surface area contributed by atoms with Crippen molar-refractivity contribution in [2.75, 3.05) is 6.61 Å². The van der Waals surface area contributed by atoms with Gasteiger partial charge in [0.15, 0.2) is 5.60 Å². The van der Waals surface area contributed by atoms with Crippen LogP contribution >= 0.6 is 0 Å². The van der Waals surface area contributed by atoms with Crippen molar-refractivity contribution >= 4 is 0 Å². The minimum atomic E-state index is -2.62. The molecular weight excluding hydrogens is 395 g/mol. The first kappa shape index (κ1) is 21.7. The molecule has 1 heterocycles. The van der Waals surface area contributed by atoms with Crippen LogP contribution in [0.25, 0.3) is 0 Å². The molecule has 31 heavy (non-hydrogen) atoms. The highest BCUT2D eigenvalue weighted by Crippen LogP contribution is 2.48. The summed E-state index contributed by atoms with van der Waals surface area (Å²) < 4.78 is 22.1. The van der Waals surface area contributed by atoms with E-state index < -0.39 is 29.8 Å². The molecule has 1 aliphatic heterocycles. The number of aliphatic hydroxyl groups is 3. The quantitative estimate of drug-likeness (QED) is 0.571. The standard InChI is InChI=1S/C26H27FO4/c27-26(18-22-14-8-3-9-15-22)25(30,17-21-12-6-2-7-13-21)24(29,23(28)19-31-26)16-20-10-4-1-5-11-20/h1-15,23,28-30H,16-19H2/t23-,24-,25+,26?/m0/s1. The highest BCUT2D eigenvalue weighted by Gasteiger charge is 2.69. The highest BCUT2D eigenvalue weighted by atomic mass is 19.2. The minimum Gasteiger partial charge on any atom is -0.388 e. The van der Waals surface area contributed by atoms with Gasteiger partial charge in [-0.15, -0.1) is 0 Å². The van der Waals surface area contributed by atoms with Gasteiger partial charge < -0.3 is 20.1 Å². The van der Waals surface area contributed by atoms with Crippen LogP contribution in [0.1, 0.15) is 16.7 Å². The van der Waals surface area contributed by atoms with Crippen LogP contribution < -0.4 is 0 Å². The average Bonchev–Trinajstić information content (AvgIpc) is 2.78. The Kier molecular flexibility index (Phi) is 5.95. The first-order chi connectivity index (χ1) is 14.9. The number of ether oxygens (including phenoxy) is 1. The summed E-state index contributed by atoms with van der Waals surface area (Å²) in [5, 5.41) is 34.5. The second-order valence-electron chi connectivity index (χ2n) is 8.33. The van der Waals surface area contributed by atoms with E-state index in [0.29, 0.717) is 16.7 Å². The van der Waals surface area contributed by atoms with Gasteiger partial charge in [0.2, 0.25) is 5.85 Å². The van der Waals surface area contributed by atoms with Crippen LogP contribution in [0.4, 0.5) is 4.39 Å². The summed E-state index contributed by atoms with van der Waals surface area (Å²) in [6, 6.07) is 26.8. The normalized spacial score (nSPS) is 30.8. The summed E-state index contributed by atoms with van der Waals surface area (Å²) in [7, 11) is 0. The summed E-state index contributed by atoms with van der Waals surface area (Å²) in [5.41, 5.74) is -2.66. The molecule has 4 rings (SSSR count). The molecule has 4 nitrogen and oxygen atoms in total. The molecule has 162 valence electrons. The fraction of sp³-hybridized carbons (Fsp3) is 0.308. The van der Waals surface area contributed by atoms with Gasteiger partial charge in [0.1, 0.15) is 11.7 Å². The topological polar surface area (TPSA) is 69.9 Å². The van der Waals surface area contributed by atoms with Crippen molar-refractivity contribution in [3.8, 4) is 0 Å². The lowest BCUT2D eigenvalue weighted by molar-refractivity contribution is -0.370. The van der Waals surface area contributed by atoms with Crippen LogP contribution in [-0.2, 0) is 24.0 Å². The summed E-state index contributed by atoms with van der Waals surface area (Å²) in [5.74, 6) is -2.62. The Morgan fingerprint density at radius 3 is 1.61 bits per heavy atom. The maximum atomic E-state index is 16.6. The number of rotatable bonds is 6. The van der Waals surface area contributed by atoms with Crippen molar-refractivity contribution in [1.82, 2.24) is 0 Å². The molecule has 3 aromatic rings. The van der Waals surface area contributed by atoms with Crippen LogP contribution in [0.5, 0.6) is 0 Å². The predicted octanol–water partition coefficient (Wildman–Crippen LogP) is 3.23. The number of hydrogen-bond acceptors (Lipinski definition) is 4. The van der Waals surface area contributed by atoms with Crippen LogP contribution in [0, 0.1) is 0 Å². The molecule has 1 fully saturated rings. The van der Waals surface area contributed by atoms with E-state index in [1.54, 1.807) is 72.8 Å². The molecule has 1 saturated heterocycles. The van der Waals surface area contributed by atoms with Crippen molar-refractivity contribution < 1.29 is 24.4 Å². The summed E-state index contributed by atoms with van der Waals surface area (Å²) in [6.45, 7) is -0.427. The smallest absolute Gasteiger partial charge is 0.245 e. The van der Waals surface area contributed by atoms with Gasteiger partial charge in [0.05, 0.1) is 6.61 Å². The van der Waals surface area contributed by atoms with Gasteiger partial charge in [0.25, 0.3) is 0 Å². The van der Waals surface area contributed by atoms with E-state index in [9.17, 15) is 15.3 Å². The SMILES string of the molecule is O[C@H]1COC(F)(Cc2ccccc2)[C@@](O)(Cc2ccccc2)[C@]1(O)Cc1ccccc1. The minimum absolute atomic E-state index is 0.123. The number of benzene rings is 3. The molecule has 0 bridgehead atoms. The first-order valence-electron chi connectivity index (χ1n) is 10.4. The molecule has 0 spiro atoms. The largest absolute Gasteiger partial charge is 0.388 e. The molecule has 5 heteroatoms. The Hall–Kier alpha value is -2.57. The van der Waals surface area contributed by atoms with E-state index in [1.807, 2.05) is 18.2 Å². The number of halogens is 1. The molecule has 0 radical (unpaired) electrons. The van der Waals surface area contributed by atoms with Gasteiger partial charge in [-0.3, -0.25) is 0 Å². The molecule has 0 saturated carbocycles. The lowest BCUT2D eigenvalue weighted by Gasteiger charge is -2.56. The second-order valence-corrected chi connectivity index (χ2v) is 8.33. The van der Waals surface area contributed by atoms with Crippen LogP contribution in [0.2, 0.25) is 0 Å². The lowest BCUT2D eigenvalue weighted by atomic mass is 9.65. The Balaban J connectivity index is 1.80. The summed E-state index contributed by atoms with van der Waals surface area (Å²) in [6.07, 6.45) is -2.08. The van der Waals surface area contributed by atoms with Gasteiger partial charge >= 0.3 is 0 Å². The molecule has 3 aromatic carbocycles. The predicted molar refractivity (Wildman–Crippen MR) is 116 cm³/mol. The highest BCUT2D eigenvalue weighted by molar-refractivity contribution is 5.30. The maximum Gasteiger partial charge on any atom is 0.245 e. The van der Waals surface area contributed by atoms with E-state index in [-0.39, 0.29) is 19.3 Å². The summed E-state index contributed by atoms with van der Waals surface area (Å²) in [4.78, 5) is 0. The fourth-order valence-electron chi connectivity index (χ4n) is 4.47. The fourth-order valence-corrected chi connectivity index (χ4v) is 4.47. The van der Waals surface area contributed by atoms with Crippen molar-refractivity contribution in [3.63, 3.8) is 0 Å². The van der Waals surface area contributed by atoms with Crippen LogP contribution in [-0.4, -0.2) is 45.1 Å². The Labute approximate surface area is 181 Å². The van der Waals surface area contributed by atoms with Crippen molar-refractivity contribution in [3.05, 3.63) is 108 Å². The monoisotopic (exact) mass is 422 g/mol. The van der Waals surface area contributed by atoms with E-state index in [4.69, 9.17) is 4.74 Å². The van der Waals surface area contributed by atoms with Gasteiger partial charge in [-0.05, 0) is 16.7 Å². The molecule has 3 N–H and O–H groups in total. The van der Waals surface area contributed by atoms with E-state index in [0.717, 1.165) is 0 Å². The summed E-state index contributed by atoms with van der Waals surface area (Å²) >= 11 is 0. The Morgan fingerprint density at radius 1 is 0.710 bits per heavy atom. The number of hydrogen-bond donors (Lipinski definition) is 3. The molecule has 0 aliphatic carbocycles. The van der Waals surface area contributed by atoms with Crippen molar-refractivity contribution in [2.24, 2.45) is 0 Å². The molecular formula is C26H27FO4. The number of aliphatic hydroxyl groups excluding tert-OH is 1. The van der Waals surface area contributed by atoms with Crippen molar-refractivity contribution in [1.29, 1.82) is 0 Å². The maximum absolute atomic E-state index is 16.6. The lowest BCUT2D eigenvalue weighted by Crippen LogP contribution is -2.77. The zero-order valence-corrected chi connectivity index (χ0v) is 17.2. The molecule has 1 unspecified atom stereocenters. The van der Waals surface area contributed by atoms with Gasteiger partial charge in [-0.1, -0.05) is 91.0 Å². The second kappa shape index (κ2) is 8.52. The van der Waals surface area contributed by atoms with E-state index in [2.05, 4.69) is 0 Å². The Morgan fingerprint density at radius 2 is 1.13 bits per heavy atom. The van der Waals surface area contributed by atoms with E-state index in [1.165, 1.54) is 0 Å². The van der Waals surface area contributed by atoms with Crippen molar-refractivity contribution in [2.45, 2.75) is 42.4 Å². The Bertz CT molecular complexity index is 984. The number of alkyl halides is 1. The third kappa shape index (κ3) is 4.02. The van der Waals surface area contributed by atoms with Gasteiger partial charge in [0, 0.05) is 19.3 Å². The molecule has 0 aromatic heterocycles. The van der Waals surface area contributed by atoms with Crippen LogP contribution in [0.3, 0.4) is 0 Å². The van der Waals surface area contributed by atoms with Gasteiger partial charge in [-0.25, -0.2) is 4.39 Å².